The highest BCUT2D eigenvalue weighted by Gasteiger charge is 2.36. The number of likely N-dealkylation sites (tertiary alicyclic amines) is 1. The van der Waals surface area contributed by atoms with Gasteiger partial charge in [-0.25, -0.2) is 0 Å². The first kappa shape index (κ1) is 21.7. The van der Waals surface area contributed by atoms with E-state index in [4.69, 9.17) is 17.2 Å². The molecule has 9 nitrogen and oxygen atoms in total. The summed E-state index contributed by atoms with van der Waals surface area (Å²) < 4.78 is 0. The standard InChI is InChI=1S/C17H31N7O2/c1-3-11(2)14(16(26)24-9-5-6-12(24)10-18)23-15(25)13(19)7-4-8-22-17(20)21/h11-14H,3-9,19H2,1-2H3,(H,23,25)(H4,20,21,22). The first-order valence-electron chi connectivity index (χ1n) is 9.13. The molecule has 0 saturated carbocycles. The van der Waals surface area contributed by atoms with Gasteiger partial charge in [-0.1, -0.05) is 20.3 Å². The van der Waals surface area contributed by atoms with Crippen LogP contribution in [0.3, 0.4) is 0 Å². The van der Waals surface area contributed by atoms with Gasteiger partial charge in [-0.15, -0.1) is 0 Å². The number of guanidine groups is 1. The number of carbonyl (C=O) groups excluding carboxylic acids is 2. The minimum atomic E-state index is -0.742. The van der Waals surface area contributed by atoms with Crippen LogP contribution in [0.15, 0.2) is 4.99 Å². The predicted octanol–water partition coefficient (Wildman–Crippen LogP) is -0.587. The summed E-state index contributed by atoms with van der Waals surface area (Å²) in [5.74, 6) is -0.631. The topological polar surface area (TPSA) is 164 Å². The number of amides is 2. The number of nitrogens with two attached hydrogens (primary N) is 3. The van der Waals surface area contributed by atoms with E-state index in [1.807, 2.05) is 13.8 Å². The van der Waals surface area contributed by atoms with E-state index in [0.29, 0.717) is 32.4 Å². The van der Waals surface area contributed by atoms with Crippen molar-refractivity contribution >= 4 is 17.8 Å². The number of hydrogen-bond acceptors (Lipinski definition) is 5. The largest absolute Gasteiger partial charge is 0.370 e. The van der Waals surface area contributed by atoms with Crippen molar-refractivity contribution in [2.45, 2.75) is 64.1 Å². The zero-order valence-corrected chi connectivity index (χ0v) is 15.6. The zero-order chi connectivity index (χ0) is 19.7. The zero-order valence-electron chi connectivity index (χ0n) is 15.6. The van der Waals surface area contributed by atoms with Gasteiger partial charge in [0.15, 0.2) is 5.96 Å². The van der Waals surface area contributed by atoms with Crippen molar-refractivity contribution in [3.8, 4) is 6.07 Å². The van der Waals surface area contributed by atoms with Gasteiger partial charge in [-0.3, -0.25) is 14.6 Å². The van der Waals surface area contributed by atoms with Gasteiger partial charge in [0.05, 0.1) is 12.1 Å². The van der Waals surface area contributed by atoms with Crippen molar-refractivity contribution in [2.75, 3.05) is 13.1 Å². The second-order valence-electron chi connectivity index (χ2n) is 6.75. The van der Waals surface area contributed by atoms with Crippen LogP contribution in [0.25, 0.3) is 0 Å². The average Bonchev–Trinajstić information content (AvgIpc) is 3.10. The lowest BCUT2D eigenvalue weighted by Crippen LogP contribution is -2.55. The lowest BCUT2D eigenvalue weighted by molar-refractivity contribution is -0.138. The Hall–Kier alpha value is -2.34. The van der Waals surface area contributed by atoms with Gasteiger partial charge in [0.1, 0.15) is 12.1 Å². The Kier molecular flexibility index (Phi) is 8.85. The molecule has 4 atom stereocenters. The third kappa shape index (κ3) is 6.19. The summed E-state index contributed by atoms with van der Waals surface area (Å²) in [5.41, 5.74) is 16.4. The molecule has 1 aliphatic rings. The summed E-state index contributed by atoms with van der Waals surface area (Å²) in [7, 11) is 0. The Morgan fingerprint density at radius 3 is 2.69 bits per heavy atom. The van der Waals surface area contributed by atoms with Gasteiger partial charge in [-0.2, -0.15) is 5.26 Å². The lowest BCUT2D eigenvalue weighted by Gasteiger charge is -2.30. The van der Waals surface area contributed by atoms with Gasteiger partial charge in [0.2, 0.25) is 11.8 Å². The summed E-state index contributed by atoms with van der Waals surface area (Å²) in [6, 6.07) is 0.326. The first-order chi connectivity index (χ1) is 12.3. The number of nitrogens with one attached hydrogen (secondary N) is 1. The summed E-state index contributed by atoms with van der Waals surface area (Å²) in [6.45, 7) is 4.81. The molecule has 146 valence electrons. The van der Waals surface area contributed by atoms with Gasteiger partial charge in [0.25, 0.3) is 0 Å². The molecule has 0 radical (unpaired) electrons. The Morgan fingerprint density at radius 1 is 1.42 bits per heavy atom. The maximum Gasteiger partial charge on any atom is 0.246 e. The summed E-state index contributed by atoms with van der Waals surface area (Å²) >= 11 is 0. The Bertz CT molecular complexity index is 554. The van der Waals surface area contributed by atoms with Gasteiger partial charge >= 0.3 is 0 Å². The molecule has 0 spiro atoms. The van der Waals surface area contributed by atoms with Crippen molar-refractivity contribution in [1.82, 2.24) is 10.2 Å². The number of aliphatic imine (C=N–C) groups is 1. The maximum absolute atomic E-state index is 12.9. The highest BCUT2D eigenvalue weighted by molar-refractivity contribution is 5.90. The molecule has 1 saturated heterocycles. The monoisotopic (exact) mass is 365 g/mol. The fraction of sp³-hybridized carbons (Fsp3) is 0.765. The molecule has 1 aliphatic heterocycles. The fourth-order valence-corrected chi connectivity index (χ4v) is 2.94. The third-order valence-corrected chi connectivity index (χ3v) is 4.77. The van der Waals surface area contributed by atoms with Crippen molar-refractivity contribution in [2.24, 2.45) is 28.1 Å². The van der Waals surface area contributed by atoms with Crippen LogP contribution >= 0.6 is 0 Å². The Labute approximate surface area is 155 Å². The number of nitrogens with zero attached hydrogens (tertiary/aromatic N) is 3. The van der Waals surface area contributed by atoms with E-state index in [0.717, 1.165) is 12.8 Å². The Morgan fingerprint density at radius 2 is 2.12 bits per heavy atom. The molecule has 1 rings (SSSR count). The number of carbonyl (C=O) groups is 2. The van der Waals surface area contributed by atoms with Gasteiger partial charge in [0, 0.05) is 13.1 Å². The number of nitriles is 1. The van der Waals surface area contributed by atoms with E-state index < -0.39 is 18.1 Å². The molecule has 7 N–H and O–H groups in total. The molecular weight excluding hydrogens is 334 g/mol. The smallest absolute Gasteiger partial charge is 0.246 e. The molecular formula is C17H31N7O2. The van der Waals surface area contributed by atoms with Crippen LogP contribution in [0, 0.1) is 17.2 Å². The fourth-order valence-electron chi connectivity index (χ4n) is 2.94. The van der Waals surface area contributed by atoms with E-state index in [2.05, 4.69) is 16.4 Å². The second kappa shape index (κ2) is 10.6. The van der Waals surface area contributed by atoms with Crippen LogP contribution in [0.4, 0.5) is 0 Å². The van der Waals surface area contributed by atoms with Crippen molar-refractivity contribution in [1.29, 1.82) is 5.26 Å². The minimum Gasteiger partial charge on any atom is -0.370 e. The van der Waals surface area contributed by atoms with E-state index in [1.54, 1.807) is 4.90 Å². The summed E-state index contributed by atoms with van der Waals surface area (Å²) in [5, 5.41) is 12.0. The molecule has 0 aromatic heterocycles. The van der Waals surface area contributed by atoms with Crippen LogP contribution < -0.4 is 22.5 Å². The molecule has 2 amide bonds. The molecule has 0 bridgehead atoms. The molecule has 4 unspecified atom stereocenters. The lowest BCUT2D eigenvalue weighted by atomic mass is 9.96. The first-order valence-corrected chi connectivity index (χ1v) is 9.13. The number of rotatable bonds is 9. The van der Waals surface area contributed by atoms with Gasteiger partial charge < -0.3 is 27.4 Å². The molecule has 0 aromatic carbocycles. The molecule has 26 heavy (non-hydrogen) atoms. The Balaban J connectivity index is 2.69. The number of hydrogen-bond donors (Lipinski definition) is 4. The van der Waals surface area contributed by atoms with Crippen molar-refractivity contribution in [3.05, 3.63) is 0 Å². The predicted molar refractivity (Wildman–Crippen MR) is 99.6 cm³/mol. The van der Waals surface area contributed by atoms with Crippen LogP contribution in [-0.4, -0.2) is 53.9 Å². The highest BCUT2D eigenvalue weighted by atomic mass is 16.2. The normalized spacial score (nSPS) is 19.9. The van der Waals surface area contributed by atoms with E-state index in [9.17, 15) is 14.9 Å². The van der Waals surface area contributed by atoms with Gasteiger partial charge in [-0.05, 0) is 31.6 Å². The summed E-state index contributed by atoms with van der Waals surface area (Å²) in [4.78, 5) is 30.7. The average molecular weight is 365 g/mol. The molecule has 9 heteroatoms. The molecule has 1 heterocycles. The van der Waals surface area contributed by atoms with E-state index >= 15 is 0 Å². The molecule has 0 aromatic rings. The maximum atomic E-state index is 12.9. The van der Waals surface area contributed by atoms with E-state index in [1.165, 1.54) is 0 Å². The third-order valence-electron chi connectivity index (χ3n) is 4.77. The van der Waals surface area contributed by atoms with Crippen molar-refractivity contribution in [3.63, 3.8) is 0 Å². The summed E-state index contributed by atoms with van der Waals surface area (Å²) in [6.07, 6.45) is 3.18. The van der Waals surface area contributed by atoms with E-state index in [-0.39, 0.29) is 23.7 Å². The van der Waals surface area contributed by atoms with Crippen LogP contribution in [-0.2, 0) is 9.59 Å². The SMILES string of the molecule is CCC(C)C(NC(=O)C(N)CCCN=C(N)N)C(=O)N1CCCC1C#N. The minimum absolute atomic E-state index is 0.00288. The van der Waals surface area contributed by atoms with Crippen molar-refractivity contribution < 1.29 is 9.59 Å². The highest BCUT2D eigenvalue weighted by Crippen LogP contribution is 2.20. The molecule has 0 aliphatic carbocycles. The second-order valence-corrected chi connectivity index (χ2v) is 6.75. The van der Waals surface area contributed by atoms with Crippen LogP contribution in [0.1, 0.15) is 46.0 Å². The quantitative estimate of drug-likeness (QED) is 0.242. The molecule has 1 fully saturated rings. The van der Waals surface area contributed by atoms with Crippen LogP contribution in [0.2, 0.25) is 0 Å². The van der Waals surface area contributed by atoms with Crippen LogP contribution in [0.5, 0.6) is 0 Å².